The summed E-state index contributed by atoms with van der Waals surface area (Å²) in [4.78, 5) is 43.9. The molecule has 244 valence electrons. The lowest BCUT2D eigenvalue weighted by molar-refractivity contribution is -0.153. The molecule has 4 N–H and O–H groups in total. The second-order valence-corrected chi connectivity index (χ2v) is 13.5. The van der Waals surface area contributed by atoms with Crippen LogP contribution >= 0.6 is 0 Å². The molecular formula is C38H40N2O7. The zero-order valence-corrected chi connectivity index (χ0v) is 27.3. The average molecular weight is 637 g/mol. The number of hydrogen-bond acceptors (Lipinski definition) is 9. The van der Waals surface area contributed by atoms with Crippen LogP contribution in [0, 0.1) is 23.7 Å². The third-order valence-electron chi connectivity index (χ3n) is 10.2. The van der Waals surface area contributed by atoms with Crippen molar-refractivity contribution in [3.05, 3.63) is 75.6 Å². The molecule has 1 unspecified atom stereocenters. The summed E-state index contributed by atoms with van der Waals surface area (Å²) in [5, 5.41) is 46.8. The lowest BCUT2D eigenvalue weighted by Crippen LogP contribution is -2.65. The van der Waals surface area contributed by atoms with E-state index < -0.39 is 57.9 Å². The number of benzene rings is 2. The summed E-state index contributed by atoms with van der Waals surface area (Å²) in [6.07, 6.45) is 6.29. The Balaban J connectivity index is 1.58. The Hall–Kier alpha value is -4.65. The van der Waals surface area contributed by atoms with Crippen LogP contribution in [0.15, 0.2) is 58.9 Å². The highest BCUT2D eigenvalue weighted by Gasteiger charge is 2.64. The normalized spacial score (nSPS) is 25.4. The minimum atomic E-state index is -2.62. The fraction of sp³-hybridized carbons (Fsp3) is 0.395. The standard InChI is InChI=1S/C38H40N2O7/c1-20(41)29-35(44)32(40(4)5)28-19-24-18-27-26(22-13-15-25(16-14-22)39(2)3)17-23(12-11-21-9-7-6-8-10-21)33(42)31(27)34(43)30(24)37(46)38(28,47)36(29)45/h9,13-17,24,28,32,42-43,45,47H,6-8,10,18-19H2,1-5H3/t24-,28-,32?,38+/m0/s1. The van der Waals surface area contributed by atoms with E-state index in [1.807, 2.05) is 49.3 Å². The van der Waals surface area contributed by atoms with Crippen molar-refractivity contribution in [2.75, 3.05) is 33.1 Å². The van der Waals surface area contributed by atoms with Crippen molar-refractivity contribution in [2.45, 2.75) is 57.1 Å². The number of carbonyl (C=O) groups is 3. The van der Waals surface area contributed by atoms with E-state index in [0.717, 1.165) is 55.0 Å². The fourth-order valence-corrected chi connectivity index (χ4v) is 7.80. The van der Waals surface area contributed by atoms with Crippen molar-refractivity contribution in [2.24, 2.45) is 11.8 Å². The maximum absolute atomic E-state index is 14.3. The highest BCUT2D eigenvalue weighted by atomic mass is 16.3. The van der Waals surface area contributed by atoms with Crippen LogP contribution in [0.2, 0.25) is 0 Å². The Morgan fingerprint density at radius 3 is 2.30 bits per heavy atom. The van der Waals surface area contributed by atoms with Crippen molar-refractivity contribution in [1.29, 1.82) is 0 Å². The predicted octanol–water partition coefficient (Wildman–Crippen LogP) is 4.65. The number of allylic oxidation sites excluding steroid dienone is 2. The number of fused-ring (bicyclic) bond motifs is 3. The van der Waals surface area contributed by atoms with Crippen LogP contribution in [-0.4, -0.2) is 82.5 Å². The van der Waals surface area contributed by atoms with Crippen LogP contribution < -0.4 is 4.90 Å². The molecule has 1 saturated carbocycles. The van der Waals surface area contributed by atoms with Gasteiger partial charge in [0.05, 0.1) is 17.2 Å². The van der Waals surface area contributed by atoms with Gasteiger partial charge in [-0.25, -0.2) is 0 Å². The second kappa shape index (κ2) is 11.9. The third kappa shape index (κ3) is 5.07. The smallest absolute Gasteiger partial charge is 0.202 e. The van der Waals surface area contributed by atoms with Crippen molar-refractivity contribution >= 4 is 28.8 Å². The number of aliphatic hydroxyl groups excluding tert-OH is 2. The minimum absolute atomic E-state index is 0.0501. The van der Waals surface area contributed by atoms with Gasteiger partial charge in [-0.15, -0.1) is 0 Å². The number of rotatable bonds is 4. The minimum Gasteiger partial charge on any atom is -0.508 e. The van der Waals surface area contributed by atoms with E-state index in [4.69, 9.17) is 0 Å². The summed E-state index contributed by atoms with van der Waals surface area (Å²) >= 11 is 0. The van der Waals surface area contributed by atoms with Crippen LogP contribution in [0.5, 0.6) is 5.75 Å². The fourth-order valence-electron chi connectivity index (χ4n) is 7.80. The van der Waals surface area contributed by atoms with E-state index in [9.17, 15) is 34.8 Å². The summed E-state index contributed by atoms with van der Waals surface area (Å²) in [5.41, 5.74) is 1.08. The van der Waals surface area contributed by atoms with Crippen LogP contribution in [0.25, 0.3) is 16.9 Å². The summed E-state index contributed by atoms with van der Waals surface area (Å²) in [5.74, 6) is 0.358. The quantitative estimate of drug-likeness (QED) is 0.279. The second-order valence-electron chi connectivity index (χ2n) is 13.5. The van der Waals surface area contributed by atoms with Crippen LogP contribution in [0.1, 0.15) is 55.7 Å². The Morgan fingerprint density at radius 1 is 1.00 bits per heavy atom. The molecule has 0 spiro atoms. The molecule has 0 aliphatic heterocycles. The Bertz CT molecular complexity index is 1870. The maximum atomic E-state index is 14.3. The molecule has 9 nitrogen and oxygen atoms in total. The van der Waals surface area contributed by atoms with Gasteiger partial charge in [0.25, 0.3) is 0 Å². The van der Waals surface area contributed by atoms with Gasteiger partial charge in [0.2, 0.25) is 5.78 Å². The van der Waals surface area contributed by atoms with Gasteiger partial charge in [0, 0.05) is 31.3 Å². The monoisotopic (exact) mass is 636 g/mol. The summed E-state index contributed by atoms with van der Waals surface area (Å²) < 4.78 is 0. The third-order valence-corrected chi connectivity index (χ3v) is 10.2. The molecule has 0 bridgehead atoms. The van der Waals surface area contributed by atoms with E-state index in [0.29, 0.717) is 5.56 Å². The predicted molar refractivity (Wildman–Crippen MR) is 179 cm³/mol. The number of anilines is 1. The summed E-state index contributed by atoms with van der Waals surface area (Å²) in [7, 11) is 7.12. The molecule has 0 amide bonds. The Labute approximate surface area is 274 Å². The highest BCUT2D eigenvalue weighted by molar-refractivity contribution is 6.25. The molecule has 6 rings (SSSR count). The molecule has 0 heterocycles. The van der Waals surface area contributed by atoms with Gasteiger partial charge in [-0.1, -0.05) is 30.0 Å². The van der Waals surface area contributed by atoms with Crippen LogP contribution in [0.4, 0.5) is 5.69 Å². The number of Topliss-reactive ketones (excluding diaryl/α,β-unsaturated/α-hetero) is 3. The zero-order chi connectivity index (χ0) is 33.9. The van der Waals surface area contributed by atoms with Gasteiger partial charge in [-0.3, -0.25) is 19.3 Å². The Morgan fingerprint density at radius 2 is 1.70 bits per heavy atom. The van der Waals surface area contributed by atoms with Gasteiger partial charge in [-0.05, 0) is 106 Å². The maximum Gasteiger partial charge on any atom is 0.202 e. The van der Waals surface area contributed by atoms with Crippen LogP contribution in [0.3, 0.4) is 0 Å². The number of carbonyl (C=O) groups excluding carboxylic acids is 3. The molecule has 1 fully saturated rings. The number of aromatic hydroxyl groups is 1. The molecular weight excluding hydrogens is 596 g/mol. The number of hydrogen-bond donors (Lipinski definition) is 4. The van der Waals surface area contributed by atoms with Gasteiger partial charge in [0.1, 0.15) is 22.8 Å². The molecule has 4 atom stereocenters. The van der Waals surface area contributed by atoms with Gasteiger partial charge in [-0.2, -0.15) is 0 Å². The number of ketones is 3. The number of nitrogens with zero attached hydrogens (tertiary/aromatic N) is 2. The Kier molecular flexibility index (Phi) is 8.15. The number of likely N-dealkylation sites (N-methyl/N-ethyl adjacent to an activating group) is 1. The van der Waals surface area contributed by atoms with Crippen molar-refractivity contribution < 1.29 is 34.8 Å². The molecule has 0 saturated heterocycles. The molecule has 9 heteroatoms. The zero-order valence-electron chi connectivity index (χ0n) is 27.3. The van der Waals surface area contributed by atoms with Gasteiger partial charge >= 0.3 is 0 Å². The van der Waals surface area contributed by atoms with E-state index in [1.54, 1.807) is 19.0 Å². The molecule has 2 aromatic rings. The summed E-state index contributed by atoms with van der Waals surface area (Å²) in [6, 6.07) is 8.60. The lowest BCUT2D eigenvalue weighted by atomic mass is 9.57. The average Bonchev–Trinajstić information content (AvgIpc) is 3.02. The first-order valence-electron chi connectivity index (χ1n) is 16.0. The molecule has 0 aromatic heterocycles. The topological polar surface area (TPSA) is 139 Å². The first-order chi connectivity index (χ1) is 22.3. The van der Waals surface area contributed by atoms with Crippen molar-refractivity contribution in [3.63, 3.8) is 0 Å². The molecule has 2 aromatic carbocycles. The highest BCUT2D eigenvalue weighted by Crippen LogP contribution is 2.54. The molecule has 4 aliphatic carbocycles. The first kappa shape index (κ1) is 32.3. The van der Waals surface area contributed by atoms with E-state index >= 15 is 0 Å². The van der Waals surface area contributed by atoms with Crippen molar-refractivity contribution in [1.82, 2.24) is 4.90 Å². The number of phenols is 1. The van der Waals surface area contributed by atoms with Gasteiger partial charge in [0.15, 0.2) is 17.2 Å². The van der Waals surface area contributed by atoms with Crippen molar-refractivity contribution in [3.8, 4) is 28.7 Å². The van der Waals surface area contributed by atoms with E-state index in [2.05, 4.69) is 17.9 Å². The largest absolute Gasteiger partial charge is 0.508 e. The first-order valence-corrected chi connectivity index (χ1v) is 16.0. The van der Waals surface area contributed by atoms with Crippen LogP contribution in [-0.2, 0) is 20.8 Å². The molecule has 47 heavy (non-hydrogen) atoms. The lowest BCUT2D eigenvalue weighted by Gasteiger charge is -2.50. The van der Waals surface area contributed by atoms with E-state index in [-0.39, 0.29) is 35.3 Å². The van der Waals surface area contributed by atoms with Gasteiger partial charge < -0.3 is 25.3 Å². The molecule has 0 radical (unpaired) electrons. The van der Waals surface area contributed by atoms with E-state index in [1.165, 1.54) is 0 Å². The number of aliphatic hydroxyl groups is 3. The molecule has 4 aliphatic rings. The SMILES string of the molecule is CC(=O)C1=C(O)[C@@]2(O)C(=O)C3=C(O)c4c(O)c(C#CC5=CCCCC5)cc(-c5ccc(N(C)C)cc5)c4C[C@H]3C[C@H]2C(N(C)C)C1=O. The number of phenolic OH excluding ortho intramolecular Hbond substituents is 1. The summed E-state index contributed by atoms with van der Waals surface area (Å²) in [6.45, 7) is 1.10.